The van der Waals surface area contributed by atoms with E-state index in [4.69, 9.17) is 14.9 Å². The van der Waals surface area contributed by atoms with Crippen LogP contribution in [0, 0.1) is 0 Å². The number of carbonyl (C=O) groups is 3. The molecule has 0 aliphatic carbocycles. The van der Waals surface area contributed by atoms with Crippen LogP contribution in [0.3, 0.4) is 0 Å². The highest BCUT2D eigenvalue weighted by Crippen LogP contribution is 2.26. The Hall–Kier alpha value is -3.15. The van der Waals surface area contributed by atoms with E-state index < -0.39 is 42.3 Å². The van der Waals surface area contributed by atoms with Crippen molar-refractivity contribution in [2.24, 2.45) is 0 Å². The van der Waals surface area contributed by atoms with Crippen LogP contribution < -0.4 is 4.74 Å². The fraction of sp³-hybridized carbons (Fsp3) is 0.353. The van der Waals surface area contributed by atoms with E-state index >= 15 is 0 Å². The number of aliphatic carboxylic acids is 2. The number of aliphatic hydroxyl groups is 2. The van der Waals surface area contributed by atoms with Gasteiger partial charge in [0.05, 0.1) is 7.11 Å². The number of carbonyl (C=O) groups excluding carboxylic acids is 1. The van der Waals surface area contributed by atoms with E-state index in [1.54, 1.807) is 0 Å². The Morgan fingerprint density at radius 2 is 1.71 bits per heavy atom. The van der Waals surface area contributed by atoms with Gasteiger partial charge in [0.1, 0.15) is 12.2 Å². The molecule has 1 rings (SSSR count). The number of benzene rings is 1. The van der Waals surface area contributed by atoms with Gasteiger partial charge in [-0.15, -0.1) is 0 Å². The molecule has 0 spiro atoms. The van der Waals surface area contributed by atoms with E-state index in [-0.39, 0.29) is 11.5 Å². The van der Waals surface area contributed by atoms with Crippen molar-refractivity contribution in [3.8, 4) is 11.5 Å². The summed E-state index contributed by atoms with van der Waals surface area (Å²) in [6.45, 7) is 0. The predicted octanol–water partition coefficient (Wildman–Crippen LogP) is -0.768. The van der Waals surface area contributed by atoms with Crippen LogP contribution in [0.2, 0.25) is 0 Å². The molecular weight excluding hydrogens is 380 g/mol. The van der Waals surface area contributed by atoms with Gasteiger partial charge in [0.2, 0.25) is 6.10 Å². The average molecular weight is 400 g/mol. The standard InChI is InChI=1S/C17H20O11/c1-26-10-7-8(3-5-9(10)18)4-6-11(19)28-15(17(24)25)12(20)14(27-2)13(21)16(22)23/h3-7,12-15,18,20-21H,1-2H3,(H,22,23)(H,24,25)/b6-4+/t12-,13-,14-,15+/m0/s1. The number of carboxylic acid groups (broad SMARTS) is 2. The van der Waals surface area contributed by atoms with Crippen molar-refractivity contribution >= 4 is 24.0 Å². The summed E-state index contributed by atoms with van der Waals surface area (Å²) in [5, 5.41) is 46.9. The topological polar surface area (TPSA) is 180 Å². The molecule has 0 unspecified atom stereocenters. The second kappa shape index (κ2) is 10.3. The first kappa shape index (κ1) is 22.9. The maximum absolute atomic E-state index is 11.9. The number of ether oxygens (including phenoxy) is 3. The zero-order valence-electron chi connectivity index (χ0n) is 14.9. The molecule has 0 amide bonds. The monoisotopic (exact) mass is 400 g/mol. The van der Waals surface area contributed by atoms with Crippen LogP contribution in [-0.2, 0) is 23.9 Å². The number of esters is 1. The molecule has 28 heavy (non-hydrogen) atoms. The number of hydrogen-bond acceptors (Lipinski definition) is 9. The molecule has 0 saturated heterocycles. The van der Waals surface area contributed by atoms with E-state index in [1.165, 1.54) is 31.4 Å². The lowest BCUT2D eigenvalue weighted by Gasteiger charge is -2.27. The van der Waals surface area contributed by atoms with Crippen LogP contribution in [0.5, 0.6) is 11.5 Å². The Bertz CT molecular complexity index is 743. The van der Waals surface area contributed by atoms with Crippen molar-refractivity contribution in [1.82, 2.24) is 0 Å². The summed E-state index contributed by atoms with van der Waals surface area (Å²) in [7, 11) is 2.27. The van der Waals surface area contributed by atoms with Gasteiger partial charge in [-0.3, -0.25) is 0 Å². The number of phenolic OH excluding ortho intramolecular Hbond substituents is 1. The minimum atomic E-state index is -2.25. The summed E-state index contributed by atoms with van der Waals surface area (Å²) in [4.78, 5) is 34.0. The van der Waals surface area contributed by atoms with Crippen molar-refractivity contribution < 1.29 is 54.1 Å². The molecule has 5 N–H and O–H groups in total. The molecular formula is C17H20O11. The minimum absolute atomic E-state index is 0.126. The molecule has 0 saturated carbocycles. The van der Waals surface area contributed by atoms with E-state index in [2.05, 4.69) is 9.47 Å². The number of aromatic hydroxyl groups is 1. The summed E-state index contributed by atoms with van der Waals surface area (Å²) in [6.07, 6.45) is -6.40. The van der Waals surface area contributed by atoms with Gasteiger partial charge in [-0.05, 0) is 23.8 Å². The van der Waals surface area contributed by atoms with Gasteiger partial charge in [-0.25, -0.2) is 14.4 Å². The van der Waals surface area contributed by atoms with Crippen molar-refractivity contribution in [2.75, 3.05) is 14.2 Å². The number of aliphatic hydroxyl groups excluding tert-OH is 2. The third-order valence-electron chi connectivity index (χ3n) is 3.59. The van der Waals surface area contributed by atoms with Gasteiger partial charge in [0.25, 0.3) is 0 Å². The second-order valence-electron chi connectivity index (χ2n) is 5.43. The van der Waals surface area contributed by atoms with Crippen molar-refractivity contribution in [3.05, 3.63) is 29.8 Å². The molecule has 0 heterocycles. The van der Waals surface area contributed by atoms with Gasteiger partial charge in [0.15, 0.2) is 17.6 Å². The Balaban J connectivity index is 2.92. The lowest BCUT2D eigenvalue weighted by molar-refractivity contribution is -0.185. The van der Waals surface area contributed by atoms with Gasteiger partial charge in [0, 0.05) is 13.2 Å². The minimum Gasteiger partial charge on any atom is -0.504 e. The van der Waals surface area contributed by atoms with Crippen LogP contribution in [0.4, 0.5) is 0 Å². The lowest BCUT2D eigenvalue weighted by atomic mass is 10.0. The molecule has 0 fully saturated rings. The van der Waals surface area contributed by atoms with Crippen molar-refractivity contribution in [2.45, 2.75) is 24.4 Å². The average Bonchev–Trinajstić information content (AvgIpc) is 2.65. The maximum Gasteiger partial charge on any atom is 0.347 e. The summed E-state index contributed by atoms with van der Waals surface area (Å²) in [5.41, 5.74) is 0.412. The van der Waals surface area contributed by atoms with Gasteiger partial charge in [-0.1, -0.05) is 6.07 Å². The first-order valence-electron chi connectivity index (χ1n) is 7.72. The summed E-state index contributed by atoms with van der Waals surface area (Å²) < 4.78 is 14.2. The second-order valence-corrected chi connectivity index (χ2v) is 5.43. The third kappa shape index (κ3) is 5.94. The fourth-order valence-electron chi connectivity index (χ4n) is 2.16. The zero-order valence-corrected chi connectivity index (χ0v) is 14.9. The maximum atomic E-state index is 11.9. The largest absolute Gasteiger partial charge is 0.504 e. The summed E-state index contributed by atoms with van der Waals surface area (Å²) in [6, 6.07) is 4.15. The molecule has 154 valence electrons. The Kier molecular flexibility index (Phi) is 8.38. The predicted molar refractivity (Wildman–Crippen MR) is 91.7 cm³/mol. The number of rotatable bonds is 10. The van der Waals surface area contributed by atoms with Gasteiger partial charge in [-0.2, -0.15) is 0 Å². The Morgan fingerprint density at radius 1 is 1.07 bits per heavy atom. The van der Waals surface area contributed by atoms with Crippen molar-refractivity contribution in [3.63, 3.8) is 0 Å². The third-order valence-corrected chi connectivity index (χ3v) is 3.59. The summed E-state index contributed by atoms with van der Waals surface area (Å²) >= 11 is 0. The SMILES string of the molecule is COc1cc(/C=C/C(=O)O[C@@H](C(=O)O)[C@@H](O)[C@H](OC)[C@H](O)C(=O)O)ccc1O. The van der Waals surface area contributed by atoms with Crippen LogP contribution in [0.1, 0.15) is 5.56 Å². The Morgan fingerprint density at radius 3 is 2.21 bits per heavy atom. The van der Waals surface area contributed by atoms with Gasteiger partial charge >= 0.3 is 17.9 Å². The number of hydrogen-bond donors (Lipinski definition) is 5. The zero-order chi connectivity index (χ0) is 21.4. The molecule has 0 aliphatic rings. The smallest absolute Gasteiger partial charge is 0.347 e. The summed E-state index contributed by atoms with van der Waals surface area (Å²) in [5.74, 6) is -4.69. The molecule has 1 aromatic rings. The lowest BCUT2D eigenvalue weighted by Crippen LogP contribution is -2.52. The quantitative estimate of drug-likeness (QED) is 0.246. The normalized spacial score (nSPS) is 15.4. The molecule has 0 aliphatic heterocycles. The highest BCUT2D eigenvalue weighted by atomic mass is 16.6. The van der Waals surface area contributed by atoms with E-state index in [9.17, 15) is 29.7 Å². The Labute approximate surface area is 159 Å². The van der Waals surface area contributed by atoms with Crippen LogP contribution in [0.15, 0.2) is 24.3 Å². The number of carboxylic acids is 2. The molecule has 4 atom stereocenters. The first-order valence-corrected chi connectivity index (χ1v) is 7.72. The molecule has 0 aromatic heterocycles. The van der Waals surface area contributed by atoms with Gasteiger partial charge < -0.3 is 39.7 Å². The molecule has 0 bridgehead atoms. The van der Waals surface area contributed by atoms with E-state index in [0.717, 1.165) is 13.2 Å². The van der Waals surface area contributed by atoms with E-state index in [0.29, 0.717) is 5.56 Å². The number of methoxy groups -OCH3 is 2. The highest BCUT2D eigenvalue weighted by Gasteiger charge is 2.41. The van der Waals surface area contributed by atoms with Crippen LogP contribution >= 0.6 is 0 Å². The molecule has 0 radical (unpaired) electrons. The fourth-order valence-corrected chi connectivity index (χ4v) is 2.16. The highest BCUT2D eigenvalue weighted by molar-refractivity contribution is 5.89. The van der Waals surface area contributed by atoms with Crippen LogP contribution in [0.25, 0.3) is 6.08 Å². The van der Waals surface area contributed by atoms with E-state index in [1.807, 2.05) is 0 Å². The number of phenols is 1. The molecule has 11 heteroatoms. The molecule has 11 nitrogen and oxygen atoms in total. The van der Waals surface area contributed by atoms with Crippen molar-refractivity contribution in [1.29, 1.82) is 0 Å². The van der Waals surface area contributed by atoms with Crippen LogP contribution in [-0.4, -0.2) is 82.1 Å². The molecule has 1 aromatic carbocycles. The first-order chi connectivity index (χ1) is 13.1.